The summed E-state index contributed by atoms with van der Waals surface area (Å²) in [6.07, 6.45) is 12.4. The van der Waals surface area contributed by atoms with Crippen LogP contribution in [0.2, 0.25) is 0 Å². The lowest BCUT2D eigenvalue weighted by Crippen LogP contribution is -2.24. The van der Waals surface area contributed by atoms with Crippen molar-refractivity contribution in [3.63, 3.8) is 0 Å². The van der Waals surface area contributed by atoms with Gasteiger partial charge in [0, 0.05) is 24.3 Å². The molecule has 0 amide bonds. The van der Waals surface area contributed by atoms with Crippen molar-refractivity contribution in [3.05, 3.63) is 47.9 Å². The van der Waals surface area contributed by atoms with E-state index in [1.54, 1.807) is 11.3 Å². The van der Waals surface area contributed by atoms with E-state index in [4.69, 9.17) is 4.74 Å². The van der Waals surface area contributed by atoms with Gasteiger partial charge in [-0.2, -0.15) is 5.10 Å². The molecule has 1 N–H and O–H groups in total. The number of thiazole rings is 1. The lowest BCUT2D eigenvalue weighted by Gasteiger charge is -2.24. The molecule has 0 radical (unpaired) electrons. The van der Waals surface area contributed by atoms with E-state index in [9.17, 15) is 0 Å². The van der Waals surface area contributed by atoms with Crippen molar-refractivity contribution in [2.75, 3.05) is 0 Å². The van der Waals surface area contributed by atoms with Crippen molar-refractivity contribution in [2.24, 2.45) is 0 Å². The van der Waals surface area contributed by atoms with Gasteiger partial charge in [0.05, 0.1) is 12.4 Å². The Bertz CT molecular complexity index is 939. The highest BCUT2D eigenvalue weighted by molar-refractivity contribution is 7.15. The number of rotatable bonds is 7. The Morgan fingerprint density at radius 3 is 2.89 bits per heavy atom. The zero-order valence-electron chi connectivity index (χ0n) is 15.5. The van der Waals surface area contributed by atoms with Crippen molar-refractivity contribution >= 4 is 11.3 Å². The van der Waals surface area contributed by atoms with Crippen LogP contribution in [0.1, 0.15) is 43.2 Å². The fraction of sp³-hybridized carbons (Fsp3) is 0.429. The topological polar surface area (TPSA) is 52.0 Å². The summed E-state index contributed by atoms with van der Waals surface area (Å²) >= 11 is 1.55. The van der Waals surface area contributed by atoms with E-state index in [1.807, 2.05) is 17.1 Å². The van der Waals surface area contributed by atoms with Crippen LogP contribution in [0.25, 0.3) is 16.1 Å². The number of hydrogen-bond donors (Lipinski definition) is 1. The third kappa shape index (κ3) is 3.77. The summed E-state index contributed by atoms with van der Waals surface area (Å²) < 4.78 is 7.79. The Balaban J connectivity index is 1.34. The van der Waals surface area contributed by atoms with E-state index in [-0.39, 0.29) is 0 Å². The molecule has 5 nitrogen and oxygen atoms in total. The van der Waals surface area contributed by atoms with Crippen LogP contribution >= 0.6 is 11.3 Å². The molecular formula is C21H24N4OS. The van der Waals surface area contributed by atoms with E-state index in [0.29, 0.717) is 6.10 Å². The normalized spacial score (nSPS) is 17.1. The summed E-state index contributed by atoms with van der Waals surface area (Å²) in [6.45, 7) is 3.09. The summed E-state index contributed by atoms with van der Waals surface area (Å²) in [5, 5.41) is 9.88. The molecule has 0 bridgehead atoms. The fourth-order valence-corrected chi connectivity index (χ4v) is 4.03. The second kappa shape index (κ2) is 7.09. The first-order chi connectivity index (χ1) is 13.2. The molecule has 0 aliphatic heterocycles. The molecule has 0 atom stereocenters. The minimum atomic E-state index is 0.354. The van der Waals surface area contributed by atoms with Crippen molar-refractivity contribution < 1.29 is 4.74 Å². The average molecular weight is 381 g/mol. The summed E-state index contributed by atoms with van der Waals surface area (Å²) in [5.74, 6) is 0. The van der Waals surface area contributed by atoms with Gasteiger partial charge in [-0.15, -0.1) is 0 Å². The van der Waals surface area contributed by atoms with Gasteiger partial charge in [0.2, 0.25) is 0 Å². The molecule has 2 saturated carbocycles. The van der Waals surface area contributed by atoms with Crippen molar-refractivity contribution in [2.45, 2.75) is 57.7 Å². The van der Waals surface area contributed by atoms with E-state index >= 15 is 0 Å². The van der Waals surface area contributed by atoms with Gasteiger partial charge in [0.1, 0.15) is 11.1 Å². The fourth-order valence-electron chi connectivity index (χ4n) is 3.26. The van der Waals surface area contributed by atoms with Crippen molar-refractivity contribution in [1.29, 1.82) is 0 Å². The van der Waals surface area contributed by atoms with Crippen molar-refractivity contribution in [3.8, 4) is 21.3 Å². The molecule has 6 heteroatoms. The molecule has 2 fully saturated rings. The van der Waals surface area contributed by atoms with Gasteiger partial charge in [-0.1, -0.05) is 23.5 Å². The second-order valence-electron chi connectivity index (χ2n) is 7.61. The van der Waals surface area contributed by atoms with Gasteiger partial charge in [-0.05, 0) is 61.8 Å². The Labute approximate surface area is 163 Å². The van der Waals surface area contributed by atoms with Gasteiger partial charge in [0.15, 0.2) is 0 Å². The molecule has 2 aromatic heterocycles. The number of nitrogens with zero attached hydrogens (tertiary/aromatic N) is 3. The quantitative estimate of drug-likeness (QED) is 0.656. The number of aryl methyl sites for hydroxylation is 1. The third-order valence-electron chi connectivity index (χ3n) is 5.39. The maximum atomic E-state index is 5.89. The second-order valence-corrected chi connectivity index (χ2v) is 8.58. The minimum absolute atomic E-state index is 0.354. The van der Waals surface area contributed by atoms with E-state index in [1.165, 1.54) is 36.0 Å². The summed E-state index contributed by atoms with van der Waals surface area (Å²) in [6, 6.07) is 7.42. The standard InChI is InChI=1S/C21H24N4OS/c1-14-5-6-15(10-22-17-7-8-17)9-19(14)16-11-24-25(13-16)20-12-23-21(27-20)26-18-3-2-4-18/h5-6,9,11-13,17-18,22H,2-4,7-8,10H2,1H3. The average Bonchev–Trinajstić information content (AvgIpc) is 3.14. The molecule has 3 aromatic rings. The third-order valence-corrected chi connectivity index (χ3v) is 6.26. The predicted octanol–water partition coefficient (Wildman–Crippen LogP) is 4.49. The first-order valence-electron chi connectivity index (χ1n) is 9.75. The molecule has 1 aromatic carbocycles. The Kier molecular flexibility index (Phi) is 4.45. The highest BCUT2D eigenvalue weighted by Gasteiger charge is 2.21. The van der Waals surface area contributed by atoms with Crippen LogP contribution in [-0.2, 0) is 6.54 Å². The van der Waals surface area contributed by atoms with Crippen LogP contribution in [0, 0.1) is 6.92 Å². The van der Waals surface area contributed by atoms with E-state index in [0.717, 1.165) is 41.2 Å². The molecule has 2 aliphatic rings. The van der Waals surface area contributed by atoms with Crippen LogP contribution < -0.4 is 10.1 Å². The molecule has 2 heterocycles. The lowest BCUT2D eigenvalue weighted by molar-refractivity contribution is 0.120. The van der Waals surface area contributed by atoms with E-state index < -0.39 is 0 Å². The molecule has 0 saturated heterocycles. The van der Waals surface area contributed by atoms with Crippen LogP contribution in [0.4, 0.5) is 0 Å². The van der Waals surface area contributed by atoms with Crippen LogP contribution in [0.3, 0.4) is 0 Å². The molecule has 0 spiro atoms. The summed E-state index contributed by atoms with van der Waals surface area (Å²) in [5.41, 5.74) is 4.97. The molecule has 27 heavy (non-hydrogen) atoms. The van der Waals surface area contributed by atoms with Crippen LogP contribution in [-0.4, -0.2) is 26.9 Å². The maximum Gasteiger partial charge on any atom is 0.275 e. The molecule has 0 unspecified atom stereocenters. The smallest absolute Gasteiger partial charge is 0.275 e. The summed E-state index contributed by atoms with van der Waals surface area (Å²) in [7, 11) is 0. The highest BCUT2D eigenvalue weighted by atomic mass is 32.1. The molecule has 2 aliphatic carbocycles. The first kappa shape index (κ1) is 17.0. The Morgan fingerprint density at radius 2 is 2.11 bits per heavy atom. The number of nitrogens with one attached hydrogen (secondary N) is 1. The van der Waals surface area contributed by atoms with Gasteiger partial charge >= 0.3 is 0 Å². The first-order valence-corrected chi connectivity index (χ1v) is 10.6. The van der Waals surface area contributed by atoms with Gasteiger partial charge in [-0.25, -0.2) is 9.67 Å². The van der Waals surface area contributed by atoms with Gasteiger partial charge in [-0.3, -0.25) is 0 Å². The molecule has 5 rings (SSSR count). The number of ether oxygens (including phenoxy) is 1. The zero-order valence-corrected chi connectivity index (χ0v) is 16.3. The zero-order chi connectivity index (χ0) is 18.2. The Hall–Kier alpha value is -2.18. The maximum absolute atomic E-state index is 5.89. The molecular weight excluding hydrogens is 356 g/mol. The van der Waals surface area contributed by atoms with Gasteiger partial charge < -0.3 is 10.1 Å². The SMILES string of the molecule is Cc1ccc(CNC2CC2)cc1-c1cnn(-c2cnc(OC3CCC3)s2)c1. The summed E-state index contributed by atoms with van der Waals surface area (Å²) in [4.78, 5) is 4.40. The predicted molar refractivity (Wildman–Crippen MR) is 108 cm³/mol. The van der Waals surface area contributed by atoms with Crippen LogP contribution in [0.5, 0.6) is 5.19 Å². The highest BCUT2D eigenvalue weighted by Crippen LogP contribution is 2.31. The lowest BCUT2D eigenvalue weighted by atomic mass is 9.96. The number of aromatic nitrogens is 3. The number of benzene rings is 1. The Morgan fingerprint density at radius 1 is 1.22 bits per heavy atom. The monoisotopic (exact) mass is 380 g/mol. The van der Waals surface area contributed by atoms with Gasteiger partial charge in [0.25, 0.3) is 5.19 Å². The minimum Gasteiger partial charge on any atom is -0.467 e. The van der Waals surface area contributed by atoms with Crippen molar-refractivity contribution in [1.82, 2.24) is 20.1 Å². The van der Waals surface area contributed by atoms with Crippen LogP contribution in [0.15, 0.2) is 36.8 Å². The largest absolute Gasteiger partial charge is 0.467 e. The van der Waals surface area contributed by atoms with E-state index in [2.05, 4.69) is 46.7 Å². The number of hydrogen-bond acceptors (Lipinski definition) is 5. The molecule has 140 valence electrons.